The molecule has 0 aliphatic carbocycles. The maximum Gasteiger partial charge on any atom is 0.372 e. The number of aliphatic carboxylic acids is 1. The largest absolute Gasteiger partial charge is 0.487 e. The van der Waals surface area contributed by atoms with Crippen LogP contribution in [0.25, 0.3) is 0 Å². The highest BCUT2D eigenvalue weighted by molar-refractivity contribution is 5.85. The van der Waals surface area contributed by atoms with E-state index >= 15 is 0 Å². The van der Waals surface area contributed by atoms with E-state index < -0.39 is 11.9 Å². The van der Waals surface area contributed by atoms with Gasteiger partial charge in [-0.15, -0.1) is 0 Å². The molecular weight excluding hydrogens is 240 g/mol. The normalized spacial score (nSPS) is 8.39. The van der Waals surface area contributed by atoms with Crippen LogP contribution in [-0.2, 0) is 23.8 Å². The number of carbonyl (C=O) groups excluding carboxylic acids is 1. The fourth-order valence-corrected chi connectivity index (χ4v) is 0.681. The average molecular weight is 260 g/mol. The van der Waals surface area contributed by atoms with Crippen molar-refractivity contribution in [2.75, 3.05) is 19.8 Å². The first-order valence-electron chi connectivity index (χ1n) is 5.44. The van der Waals surface area contributed by atoms with Gasteiger partial charge in [0.15, 0.2) is 11.5 Å². The summed E-state index contributed by atoms with van der Waals surface area (Å²) in [5.74, 6) is -1.71. The first kappa shape index (κ1) is 18.4. The van der Waals surface area contributed by atoms with Gasteiger partial charge in [0.05, 0.1) is 19.8 Å². The molecule has 0 heterocycles. The fraction of sp³-hybridized carbons (Fsp3) is 0.500. The minimum absolute atomic E-state index is 0.0735. The second kappa shape index (κ2) is 11.5. The predicted octanol–water partition coefficient (Wildman–Crippen LogP) is 1.72. The van der Waals surface area contributed by atoms with E-state index in [4.69, 9.17) is 9.84 Å². The van der Waals surface area contributed by atoms with Crippen LogP contribution in [0.15, 0.2) is 24.7 Å². The Morgan fingerprint density at radius 3 is 1.56 bits per heavy atom. The van der Waals surface area contributed by atoms with Gasteiger partial charge in [0.1, 0.15) is 0 Å². The molecule has 0 saturated heterocycles. The zero-order valence-electron chi connectivity index (χ0n) is 11.0. The van der Waals surface area contributed by atoms with Gasteiger partial charge in [-0.3, -0.25) is 0 Å². The third kappa shape index (κ3) is 10.5. The summed E-state index contributed by atoms with van der Waals surface area (Å²) in [5.41, 5.74) is 0. The molecule has 0 spiro atoms. The van der Waals surface area contributed by atoms with E-state index in [9.17, 15) is 9.59 Å². The second-order valence-electron chi connectivity index (χ2n) is 2.74. The van der Waals surface area contributed by atoms with Crippen LogP contribution in [-0.4, -0.2) is 36.9 Å². The number of hydrogen-bond donors (Lipinski definition) is 1. The van der Waals surface area contributed by atoms with E-state index in [1.165, 1.54) is 0 Å². The summed E-state index contributed by atoms with van der Waals surface area (Å²) in [6, 6.07) is 0. The first-order chi connectivity index (χ1) is 8.40. The Morgan fingerprint density at radius 2 is 1.28 bits per heavy atom. The van der Waals surface area contributed by atoms with Gasteiger partial charge < -0.3 is 19.3 Å². The quantitative estimate of drug-likeness (QED) is 0.426. The van der Waals surface area contributed by atoms with Crippen LogP contribution in [0.5, 0.6) is 0 Å². The molecule has 18 heavy (non-hydrogen) atoms. The minimum atomic E-state index is -1.10. The van der Waals surface area contributed by atoms with Crippen LogP contribution in [0.4, 0.5) is 0 Å². The summed E-state index contributed by atoms with van der Waals surface area (Å²) in [7, 11) is 0. The van der Waals surface area contributed by atoms with Crippen LogP contribution >= 0.6 is 0 Å². The standard InChI is InChI=1S/C7H12O3.C5H8O3/c1-4-9-6(3)7(8)10-5-2;1-3-8-4(2)5(6)7/h3-5H2,1-2H3;2-3H2,1H3,(H,6,7). The summed E-state index contributed by atoms with van der Waals surface area (Å²) >= 11 is 0. The maximum atomic E-state index is 10.7. The lowest BCUT2D eigenvalue weighted by molar-refractivity contribution is -0.142. The van der Waals surface area contributed by atoms with Gasteiger partial charge in [0, 0.05) is 0 Å². The van der Waals surface area contributed by atoms with E-state index in [2.05, 4.69) is 22.6 Å². The van der Waals surface area contributed by atoms with Gasteiger partial charge in [0.2, 0.25) is 0 Å². The molecule has 6 heteroatoms. The van der Waals surface area contributed by atoms with E-state index in [1.807, 2.05) is 0 Å². The third-order valence-corrected chi connectivity index (χ3v) is 1.38. The smallest absolute Gasteiger partial charge is 0.372 e. The summed E-state index contributed by atoms with van der Waals surface area (Å²) in [6.07, 6.45) is 0. The molecule has 104 valence electrons. The first-order valence-corrected chi connectivity index (χ1v) is 5.44. The number of ether oxygens (including phenoxy) is 3. The van der Waals surface area contributed by atoms with Crippen LogP contribution in [0.2, 0.25) is 0 Å². The zero-order valence-corrected chi connectivity index (χ0v) is 11.0. The Kier molecular flexibility index (Phi) is 11.8. The van der Waals surface area contributed by atoms with Gasteiger partial charge in [-0.25, -0.2) is 9.59 Å². The monoisotopic (exact) mass is 260 g/mol. The van der Waals surface area contributed by atoms with E-state index in [-0.39, 0.29) is 11.5 Å². The number of carboxylic acid groups (broad SMARTS) is 1. The van der Waals surface area contributed by atoms with E-state index in [0.29, 0.717) is 19.8 Å². The highest BCUT2D eigenvalue weighted by atomic mass is 16.6. The molecule has 1 N–H and O–H groups in total. The number of carboxylic acids is 1. The van der Waals surface area contributed by atoms with Crippen LogP contribution in [0, 0.1) is 0 Å². The van der Waals surface area contributed by atoms with Gasteiger partial charge in [-0.05, 0) is 33.9 Å². The van der Waals surface area contributed by atoms with Crippen molar-refractivity contribution in [2.45, 2.75) is 20.8 Å². The fourth-order valence-electron chi connectivity index (χ4n) is 0.681. The summed E-state index contributed by atoms with van der Waals surface area (Å²) < 4.78 is 13.9. The molecule has 0 aromatic heterocycles. The van der Waals surface area contributed by atoms with Crippen molar-refractivity contribution in [3.05, 3.63) is 24.7 Å². The maximum absolute atomic E-state index is 10.7. The molecule has 0 aliphatic rings. The number of hydrogen-bond acceptors (Lipinski definition) is 5. The molecular formula is C12H20O6. The van der Waals surface area contributed by atoms with Gasteiger partial charge in [-0.2, -0.15) is 0 Å². The zero-order chi connectivity index (χ0) is 14.6. The Morgan fingerprint density at radius 1 is 0.889 bits per heavy atom. The summed E-state index contributed by atoms with van der Waals surface area (Å²) in [4.78, 5) is 20.6. The van der Waals surface area contributed by atoms with Crippen molar-refractivity contribution >= 4 is 11.9 Å². The summed E-state index contributed by atoms with van der Waals surface area (Å²) in [6.45, 7) is 12.9. The van der Waals surface area contributed by atoms with Crippen LogP contribution in [0.3, 0.4) is 0 Å². The average Bonchev–Trinajstić information content (AvgIpc) is 2.30. The molecule has 0 aromatic carbocycles. The number of carbonyl (C=O) groups is 2. The Bertz CT molecular complexity index is 279. The highest BCUT2D eigenvalue weighted by Crippen LogP contribution is 1.95. The molecule has 0 bridgehead atoms. The lowest BCUT2D eigenvalue weighted by Crippen LogP contribution is -2.09. The summed E-state index contributed by atoms with van der Waals surface area (Å²) in [5, 5.41) is 8.09. The number of esters is 1. The molecule has 0 radical (unpaired) electrons. The molecule has 0 fully saturated rings. The molecule has 0 aromatic rings. The van der Waals surface area contributed by atoms with Crippen LogP contribution < -0.4 is 0 Å². The lowest BCUT2D eigenvalue weighted by Gasteiger charge is -2.04. The molecule has 0 aliphatic heterocycles. The minimum Gasteiger partial charge on any atom is -0.487 e. The van der Waals surface area contributed by atoms with E-state index in [1.54, 1.807) is 20.8 Å². The van der Waals surface area contributed by atoms with Crippen molar-refractivity contribution < 1.29 is 28.9 Å². The molecule has 0 saturated carbocycles. The number of rotatable bonds is 7. The molecule has 0 atom stereocenters. The topological polar surface area (TPSA) is 82.1 Å². The van der Waals surface area contributed by atoms with Gasteiger partial charge in [-0.1, -0.05) is 0 Å². The van der Waals surface area contributed by atoms with Gasteiger partial charge >= 0.3 is 11.9 Å². The van der Waals surface area contributed by atoms with Crippen LogP contribution in [0.1, 0.15) is 20.8 Å². The predicted molar refractivity (Wildman–Crippen MR) is 65.8 cm³/mol. The van der Waals surface area contributed by atoms with Crippen molar-refractivity contribution in [2.24, 2.45) is 0 Å². The van der Waals surface area contributed by atoms with Crippen molar-refractivity contribution in [1.29, 1.82) is 0 Å². The molecule has 0 unspecified atom stereocenters. The Balaban J connectivity index is 0. The SMILES string of the molecule is C=C(OCC)C(=O)O.C=C(OCC)C(=O)OCC. The highest BCUT2D eigenvalue weighted by Gasteiger charge is 2.06. The molecule has 0 rings (SSSR count). The Hall–Kier alpha value is -1.98. The van der Waals surface area contributed by atoms with Gasteiger partial charge in [0.25, 0.3) is 0 Å². The van der Waals surface area contributed by atoms with Crippen molar-refractivity contribution in [3.63, 3.8) is 0 Å². The Labute approximate surface area is 107 Å². The van der Waals surface area contributed by atoms with E-state index in [0.717, 1.165) is 0 Å². The van der Waals surface area contributed by atoms with Crippen molar-refractivity contribution in [1.82, 2.24) is 0 Å². The molecule has 0 amide bonds. The molecule has 6 nitrogen and oxygen atoms in total. The second-order valence-corrected chi connectivity index (χ2v) is 2.74. The van der Waals surface area contributed by atoms with Crippen molar-refractivity contribution in [3.8, 4) is 0 Å². The lowest BCUT2D eigenvalue weighted by atomic mass is 10.5. The third-order valence-electron chi connectivity index (χ3n) is 1.38.